The fourth-order valence-electron chi connectivity index (χ4n) is 0.287. The van der Waals surface area contributed by atoms with Crippen LogP contribution < -0.4 is 0 Å². The van der Waals surface area contributed by atoms with Gasteiger partial charge in [0.05, 0.1) is 5.75 Å². The summed E-state index contributed by atoms with van der Waals surface area (Å²) in [5.74, 6) is -0.135. The molecular weight excluding hydrogens is 155 g/mol. The number of hydrogen-bond acceptors (Lipinski definition) is 4. The minimum atomic E-state index is -3.61. The van der Waals surface area contributed by atoms with E-state index in [2.05, 4.69) is 4.33 Å². The van der Waals surface area contributed by atoms with E-state index in [0.29, 0.717) is 6.42 Å². The Morgan fingerprint density at radius 2 is 2.00 bits per heavy atom. The van der Waals surface area contributed by atoms with Gasteiger partial charge in [-0.2, -0.15) is 8.42 Å². The minimum absolute atomic E-state index is 0. The third-order valence-corrected chi connectivity index (χ3v) is 1.70. The van der Waals surface area contributed by atoms with Gasteiger partial charge in [0.15, 0.2) is 0 Å². The summed E-state index contributed by atoms with van der Waals surface area (Å²) in [5, 5.41) is 7.64. The third-order valence-electron chi connectivity index (χ3n) is 0.568. The van der Waals surface area contributed by atoms with Crippen LogP contribution in [-0.4, -0.2) is 49.0 Å². The molecule has 0 aromatic carbocycles. The molecule has 0 aromatic rings. The van der Waals surface area contributed by atoms with E-state index in [1.54, 1.807) is 6.92 Å². The monoisotopic (exact) mass is 164 g/mol. The van der Waals surface area contributed by atoms with Crippen molar-refractivity contribution in [3.8, 4) is 0 Å². The molecule has 0 fully saturated rings. The Morgan fingerprint density at radius 1 is 1.56 bits per heavy atom. The van der Waals surface area contributed by atoms with Crippen molar-refractivity contribution in [2.45, 2.75) is 13.3 Å². The predicted octanol–water partition coefficient (Wildman–Crippen LogP) is -0.433. The van der Waals surface area contributed by atoms with Crippen LogP contribution in [0.4, 0.5) is 0 Å². The summed E-state index contributed by atoms with van der Waals surface area (Å²) >= 11 is 0. The van der Waals surface area contributed by atoms with Gasteiger partial charge in [0.25, 0.3) is 10.1 Å². The van der Waals surface area contributed by atoms with Crippen LogP contribution in [0.2, 0.25) is 0 Å². The molecule has 0 radical (unpaired) electrons. The molecule has 0 heterocycles. The van der Waals surface area contributed by atoms with Crippen LogP contribution in [0, 0.1) is 0 Å². The van der Waals surface area contributed by atoms with Crippen molar-refractivity contribution in [2.75, 3.05) is 5.75 Å². The van der Waals surface area contributed by atoms with Crippen molar-refractivity contribution in [2.24, 2.45) is 0 Å². The first-order chi connectivity index (χ1) is 3.62. The molecule has 0 rings (SSSR count). The van der Waals surface area contributed by atoms with Crippen molar-refractivity contribution in [3.63, 3.8) is 0 Å². The van der Waals surface area contributed by atoms with Gasteiger partial charge in [0, 0.05) is 0 Å². The Hall–Kier alpha value is 0.870. The second-order valence-corrected chi connectivity index (χ2v) is 3.01. The van der Waals surface area contributed by atoms with E-state index in [1.165, 1.54) is 0 Å². The van der Waals surface area contributed by atoms with Gasteiger partial charge in [-0.25, -0.2) is 5.26 Å². The van der Waals surface area contributed by atoms with Crippen LogP contribution in [0.5, 0.6) is 0 Å². The number of hydrogen-bond donors (Lipinski definition) is 1. The van der Waals surface area contributed by atoms with Crippen LogP contribution in [0.3, 0.4) is 0 Å². The molecule has 0 saturated carbocycles. The van der Waals surface area contributed by atoms with Gasteiger partial charge in [0.2, 0.25) is 0 Å². The van der Waals surface area contributed by atoms with Crippen LogP contribution in [0.1, 0.15) is 13.3 Å². The number of rotatable bonds is 3. The van der Waals surface area contributed by atoms with E-state index in [0.717, 1.165) is 0 Å². The first-order valence-electron chi connectivity index (χ1n) is 2.18. The average Bonchev–Trinajstić information content (AvgIpc) is 1.67. The summed E-state index contributed by atoms with van der Waals surface area (Å²) < 4.78 is 23.4. The zero-order chi connectivity index (χ0) is 6.62. The summed E-state index contributed by atoms with van der Waals surface area (Å²) in [7, 11) is -3.61. The molecule has 0 bridgehead atoms. The van der Waals surface area contributed by atoms with Crippen molar-refractivity contribution in [1.82, 2.24) is 0 Å². The van der Waals surface area contributed by atoms with Crippen LogP contribution in [0.25, 0.3) is 0 Å². The van der Waals surface area contributed by atoms with Gasteiger partial charge in [-0.1, -0.05) is 6.92 Å². The van der Waals surface area contributed by atoms with Gasteiger partial charge >= 0.3 is 29.6 Å². The molecule has 0 aromatic heterocycles. The van der Waals surface area contributed by atoms with Crippen molar-refractivity contribution >= 4 is 39.7 Å². The summed E-state index contributed by atoms with van der Waals surface area (Å²) in [6.45, 7) is 1.68. The molecule has 0 amide bonds. The summed E-state index contributed by atoms with van der Waals surface area (Å²) in [6.07, 6.45) is 0.447. The topological polar surface area (TPSA) is 63.6 Å². The maximum absolute atomic E-state index is 10.1. The van der Waals surface area contributed by atoms with E-state index < -0.39 is 10.1 Å². The Labute approximate surface area is 76.6 Å². The molecule has 0 saturated heterocycles. The van der Waals surface area contributed by atoms with Gasteiger partial charge in [0.1, 0.15) is 0 Å². The van der Waals surface area contributed by atoms with E-state index in [-0.39, 0.29) is 35.3 Å². The molecule has 1 N–H and O–H groups in total. The molecule has 0 aliphatic rings. The summed E-state index contributed by atoms with van der Waals surface area (Å²) in [6, 6.07) is 0. The van der Waals surface area contributed by atoms with Gasteiger partial charge in [-0.05, 0) is 6.42 Å². The zero-order valence-corrected chi connectivity index (χ0v) is 5.31. The van der Waals surface area contributed by atoms with E-state index in [1.807, 2.05) is 0 Å². The standard InChI is InChI=1S/C3H8O4S.Na.H/c1-2-3-8(5,6)7-4;;/h4H,2-3H2,1H3;;. The molecule has 0 aliphatic heterocycles. The van der Waals surface area contributed by atoms with E-state index in [4.69, 9.17) is 5.26 Å². The summed E-state index contributed by atoms with van der Waals surface area (Å²) in [4.78, 5) is 0. The third kappa shape index (κ3) is 6.76. The Kier molecular flexibility index (Phi) is 7.86. The molecule has 0 unspecified atom stereocenters. The predicted molar refractivity (Wildman–Crippen MR) is 34.9 cm³/mol. The molecule has 0 aliphatic carbocycles. The Bertz CT molecular complexity index is 140. The Morgan fingerprint density at radius 3 is 2.11 bits per heavy atom. The van der Waals surface area contributed by atoms with Crippen molar-refractivity contribution < 1.29 is 18.0 Å². The summed E-state index contributed by atoms with van der Waals surface area (Å²) in [5.41, 5.74) is 0. The Balaban J connectivity index is 0. The van der Waals surface area contributed by atoms with Gasteiger partial charge in [-0.15, -0.1) is 4.33 Å². The fraction of sp³-hybridized carbons (Fsp3) is 1.00. The zero-order valence-electron chi connectivity index (χ0n) is 4.49. The molecule has 6 heteroatoms. The van der Waals surface area contributed by atoms with Gasteiger partial charge < -0.3 is 0 Å². The second-order valence-electron chi connectivity index (χ2n) is 1.34. The van der Waals surface area contributed by atoms with E-state index in [9.17, 15) is 8.42 Å². The SMILES string of the molecule is CCCS(=O)(=O)OO.[NaH]. The normalized spacial score (nSPS) is 10.4. The molecule has 9 heavy (non-hydrogen) atoms. The maximum atomic E-state index is 10.1. The molecule has 52 valence electrons. The van der Waals surface area contributed by atoms with Gasteiger partial charge in [-0.3, -0.25) is 0 Å². The molecule has 4 nitrogen and oxygen atoms in total. The average molecular weight is 164 g/mol. The molecule has 0 atom stereocenters. The fourth-order valence-corrected chi connectivity index (χ4v) is 0.862. The van der Waals surface area contributed by atoms with Crippen LogP contribution in [-0.2, 0) is 14.5 Å². The first kappa shape index (κ1) is 12.5. The molecular formula is C3H9NaO4S. The van der Waals surface area contributed by atoms with E-state index >= 15 is 0 Å². The first-order valence-corrected chi connectivity index (χ1v) is 3.76. The second kappa shape index (κ2) is 5.64. The van der Waals surface area contributed by atoms with Crippen LogP contribution in [0.15, 0.2) is 0 Å². The molecule has 0 spiro atoms. The quantitative estimate of drug-likeness (QED) is 0.349. The van der Waals surface area contributed by atoms with Crippen molar-refractivity contribution in [3.05, 3.63) is 0 Å². The van der Waals surface area contributed by atoms with Crippen LogP contribution >= 0.6 is 0 Å². The van der Waals surface area contributed by atoms with Crippen molar-refractivity contribution in [1.29, 1.82) is 0 Å².